The summed E-state index contributed by atoms with van der Waals surface area (Å²) in [5.74, 6) is 2.08. The topological polar surface area (TPSA) is 38.0 Å². The molecule has 160 valence electrons. The van der Waals surface area contributed by atoms with Crippen LogP contribution < -0.4 is 11.1 Å². The first-order valence-corrected chi connectivity index (χ1v) is 14.4. The van der Waals surface area contributed by atoms with E-state index in [4.69, 9.17) is 5.73 Å². The molecule has 1 saturated carbocycles. The Bertz CT molecular complexity index is 1010. The molecule has 2 aliphatic heterocycles. The van der Waals surface area contributed by atoms with Crippen LogP contribution in [-0.2, 0) is 19.4 Å². The maximum absolute atomic E-state index is 14.3. The lowest BCUT2D eigenvalue weighted by atomic mass is 9.85. The van der Waals surface area contributed by atoms with E-state index in [-0.39, 0.29) is 32.6 Å². The molecular formula is C25H29FI2N2. The third-order valence-electron chi connectivity index (χ3n) is 7.67. The third-order valence-corrected chi connectivity index (χ3v) is 11.2. The molecule has 0 aromatic heterocycles. The van der Waals surface area contributed by atoms with Crippen LogP contribution in [0.4, 0.5) is 4.39 Å². The number of nitrogens with two attached hydrogens (primary N) is 1. The Labute approximate surface area is 202 Å². The molecule has 2 nitrogen and oxygen atoms in total. The van der Waals surface area contributed by atoms with Crippen LogP contribution in [-0.4, -0.2) is 16.6 Å². The van der Waals surface area contributed by atoms with Gasteiger partial charge in [-0.3, -0.25) is 0 Å². The number of hydrogen-bond acceptors (Lipinski definition) is 2. The fraction of sp³-hybridized carbons (Fsp3) is 0.480. The van der Waals surface area contributed by atoms with Crippen LogP contribution in [0.5, 0.6) is 0 Å². The molecule has 30 heavy (non-hydrogen) atoms. The molecule has 1 fully saturated rings. The number of allylic oxidation sites excluding steroid dienone is 6. The predicted octanol–water partition coefficient (Wildman–Crippen LogP) is 5.55. The molecule has 5 unspecified atom stereocenters. The van der Waals surface area contributed by atoms with Gasteiger partial charge in [-0.25, -0.2) is 4.39 Å². The molecule has 0 bridgehead atoms. The highest BCUT2D eigenvalue weighted by Gasteiger charge is 2.44. The molecule has 5 heteroatoms. The van der Waals surface area contributed by atoms with E-state index in [9.17, 15) is 4.39 Å². The molecule has 3 N–H and O–H groups in total. The minimum Gasteiger partial charge on any atom is -0.327 e. The van der Waals surface area contributed by atoms with Crippen molar-refractivity contribution in [2.45, 2.75) is 45.7 Å². The summed E-state index contributed by atoms with van der Waals surface area (Å²) >= 11 is 2.46. The van der Waals surface area contributed by atoms with Crippen LogP contribution in [0.2, 0.25) is 0 Å². The van der Waals surface area contributed by atoms with E-state index in [1.807, 2.05) is 6.07 Å². The summed E-state index contributed by atoms with van der Waals surface area (Å²) in [4.78, 5) is 0. The Balaban J connectivity index is 1.41. The van der Waals surface area contributed by atoms with Crippen LogP contribution in [0.1, 0.15) is 37.0 Å². The molecule has 0 spiro atoms. The molecule has 2 heterocycles. The van der Waals surface area contributed by atoms with Crippen molar-refractivity contribution in [3.63, 3.8) is 0 Å². The highest BCUT2D eigenvalue weighted by atomic mass is 127. The van der Waals surface area contributed by atoms with Crippen LogP contribution >= 0.6 is 43.3 Å². The maximum Gasteiger partial charge on any atom is 0.126 e. The quantitative estimate of drug-likeness (QED) is 0.431. The Kier molecular flexibility index (Phi) is 6.10. The van der Waals surface area contributed by atoms with E-state index in [1.54, 1.807) is 9.65 Å². The predicted molar refractivity (Wildman–Crippen MR) is 141 cm³/mol. The molecule has 5 rings (SSSR count). The van der Waals surface area contributed by atoms with Gasteiger partial charge in [0.05, 0.1) is 0 Å². The van der Waals surface area contributed by atoms with E-state index in [0.29, 0.717) is 23.7 Å². The number of rotatable bonds is 3. The van der Waals surface area contributed by atoms with Gasteiger partial charge in [0.25, 0.3) is 0 Å². The fourth-order valence-electron chi connectivity index (χ4n) is 5.94. The van der Waals surface area contributed by atoms with Crippen molar-refractivity contribution in [2.24, 2.45) is 29.4 Å². The van der Waals surface area contributed by atoms with Gasteiger partial charge in [0.1, 0.15) is 5.82 Å². The van der Waals surface area contributed by atoms with E-state index in [2.05, 4.69) is 57.9 Å². The van der Waals surface area contributed by atoms with E-state index < -0.39 is 0 Å². The van der Waals surface area contributed by atoms with Crippen molar-refractivity contribution in [2.75, 3.05) is 6.54 Å². The third kappa shape index (κ3) is 3.61. The standard InChI is InChI=1S/C25H29FI2N2/c1-13-9-18(24-23(13)22(27)5-7-28-24)19-11-16(14(2)25(19)29)10-15-3-4-21(26)17-6-8-30-12-20(15)17/h3-5,7,9,14,16,18-19,25,30H,6,8,10-12,29H2,1-2H3. The van der Waals surface area contributed by atoms with Crippen LogP contribution in [0.15, 0.2) is 42.6 Å². The summed E-state index contributed by atoms with van der Waals surface area (Å²) in [7, 11) is 0. The number of hydrogen-bond donors (Lipinski definition) is 2. The second kappa shape index (κ2) is 8.52. The van der Waals surface area contributed by atoms with Crippen LogP contribution in [0, 0.1) is 29.5 Å². The molecule has 4 aliphatic rings. The molecule has 1 aromatic carbocycles. The lowest BCUT2D eigenvalue weighted by Gasteiger charge is -2.25. The Morgan fingerprint density at radius 1 is 1.30 bits per heavy atom. The van der Waals surface area contributed by atoms with Gasteiger partial charge in [-0.2, -0.15) is 0 Å². The Hall–Kier alpha value is -0.380. The van der Waals surface area contributed by atoms with Gasteiger partial charge < -0.3 is 11.1 Å². The Morgan fingerprint density at radius 2 is 2.13 bits per heavy atom. The van der Waals surface area contributed by atoms with Crippen molar-refractivity contribution >= 4 is 47.3 Å². The van der Waals surface area contributed by atoms with Gasteiger partial charge >= 0.3 is 0 Å². The lowest BCUT2D eigenvalue weighted by Crippen LogP contribution is -2.34. The minimum absolute atomic E-state index is 0.0320. The van der Waals surface area contributed by atoms with Crippen LogP contribution in [0.25, 0.3) is 0 Å². The monoisotopic (exact) mass is 630 g/mol. The highest BCUT2D eigenvalue weighted by Crippen LogP contribution is 2.52. The molecule has 0 saturated heterocycles. The maximum atomic E-state index is 14.3. The van der Waals surface area contributed by atoms with Gasteiger partial charge in [-0.05, 0) is 117 Å². The summed E-state index contributed by atoms with van der Waals surface area (Å²) in [5, 5.41) is 3.44. The molecule has 0 radical (unpaired) electrons. The smallest absolute Gasteiger partial charge is 0.126 e. The van der Waals surface area contributed by atoms with Crippen molar-refractivity contribution in [3.05, 3.63) is 65.1 Å². The SMILES string of the molecule is CC1=CC(C2CC(Cc3ccc(F)c4c3CNCC4)C(C)C2N)C2=C1C(I)=CC=I2. The molecule has 1 aromatic rings. The fourth-order valence-corrected chi connectivity index (χ4v) is 11.1. The second-order valence-electron chi connectivity index (χ2n) is 9.24. The van der Waals surface area contributed by atoms with E-state index in [1.165, 1.54) is 32.3 Å². The van der Waals surface area contributed by atoms with Gasteiger partial charge in [0.15, 0.2) is 0 Å². The van der Waals surface area contributed by atoms with Gasteiger partial charge in [-0.1, -0.05) is 39.8 Å². The zero-order valence-corrected chi connectivity index (χ0v) is 21.8. The summed E-state index contributed by atoms with van der Waals surface area (Å²) in [6, 6.07) is 3.95. The minimum atomic E-state index is -0.0343. The molecule has 2 aliphatic carbocycles. The average molecular weight is 630 g/mol. The van der Waals surface area contributed by atoms with Crippen LogP contribution in [0.3, 0.4) is 0 Å². The summed E-state index contributed by atoms with van der Waals surface area (Å²) < 4.78 is 19.8. The summed E-state index contributed by atoms with van der Waals surface area (Å²) in [6.07, 6.45) is 7.82. The van der Waals surface area contributed by atoms with Gasteiger partial charge in [-0.15, -0.1) is 0 Å². The number of fused-ring (bicyclic) bond motifs is 1. The number of nitrogens with one attached hydrogen (secondary N) is 1. The van der Waals surface area contributed by atoms with E-state index in [0.717, 1.165) is 31.5 Å². The molecular weight excluding hydrogens is 601 g/mol. The van der Waals surface area contributed by atoms with Crippen molar-refractivity contribution in [1.29, 1.82) is 0 Å². The summed E-state index contributed by atoms with van der Waals surface area (Å²) in [5.41, 5.74) is 13.3. The largest absolute Gasteiger partial charge is 0.327 e. The van der Waals surface area contributed by atoms with E-state index >= 15 is 0 Å². The average Bonchev–Trinajstić information content (AvgIpc) is 3.22. The number of halogens is 3. The molecule has 0 amide bonds. The number of benzene rings is 1. The Morgan fingerprint density at radius 3 is 2.97 bits per heavy atom. The zero-order valence-electron chi connectivity index (χ0n) is 17.5. The second-order valence-corrected chi connectivity index (χ2v) is 12.9. The highest BCUT2D eigenvalue weighted by molar-refractivity contribution is 14.2. The van der Waals surface area contributed by atoms with Crippen molar-refractivity contribution in [1.82, 2.24) is 5.32 Å². The van der Waals surface area contributed by atoms with Gasteiger partial charge in [0.2, 0.25) is 0 Å². The zero-order chi connectivity index (χ0) is 21.0. The first kappa shape index (κ1) is 21.5. The van der Waals surface area contributed by atoms with Gasteiger partial charge in [0, 0.05) is 25.7 Å². The van der Waals surface area contributed by atoms with Crippen molar-refractivity contribution in [3.8, 4) is 0 Å². The molecule has 5 atom stereocenters. The first-order valence-electron chi connectivity index (χ1n) is 11.0. The summed E-state index contributed by atoms with van der Waals surface area (Å²) in [6.45, 7) is 6.29. The first-order chi connectivity index (χ1) is 14.5. The lowest BCUT2D eigenvalue weighted by molar-refractivity contribution is 0.371. The normalized spacial score (nSPS) is 33.0. The van der Waals surface area contributed by atoms with Crippen molar-refractivity contribution < 1.29 is 4.39 Å².